The minimum Gasteiger partial charge on any atom is -1.00 e. The van der Waals surface area contributed by atoms with Gasteiger partial charge in [0.15, 0.2) is 17.1 Å². The molecule has 196 valence electrons. The van der Waals surface area contributed by atoms with Crippen LogP contribution in [0, 0.1) is 0 Å². The first-order valence-electron chi connectivity index (χ1n) is 11.9. The lowest BCUT2D eigenvalue weighted by atomic mass is 9.85. The van der Waals surface area contributed by atoms with Gasteiger partial charge >= 0.3 is 0 Å². The van der Waals surface area contributed by atoms with Gasteiger partial charge in [0.2, 0.25) is 5.75 Å². The van der Waals surface area contributed by atoms with Gasteiger partial charge in [-0.3, -0.25) is 0 Å². The number of rotatable bonds is 9. The van der Waals surface area contributed by atoms with E-state index in [-0.39, 0.29) is 24.8 Å². The molecule has 0 bridgehead atoms. The van der Waals surface area contributed by atoms with Crippen LogP contribution in [0.1, 0.15) is 16.7 Å². The van der Waals surface area contributed by atoms with Gasteiger partial charge in [0.25, 0.3) is 0 Å². The average molecular weight is 536 g/mol. The summed E-state index contributed by atoms with van der Waals surface area (Å²) in [5, 5.41) is 11.9. The van der Waals surface area contributed by atoms with E-state index in [1.54, 1.807) is 21.3 Å². The summed E-state index contributed by atoms with van der Waals surface area (Å²) in [6, 6.07) is 24.1. The molecular weight excluding hydrogens is 499 g/mol. The minimum absolute atomic E-state index is 0. The lowest BCUT2D eigenvalue weighted by Crippen LogP contribution is -3.28. The molecule has 4 rings (SSSR count). The summed E-state index contributed by atoms with van der Waals surface area (Å²) in [5.74, 6) is 2.06. The predicted molar refractivity (Wildman–Crippen MR) is 132 cm³/mol. The second-order valence-corrected chi connectivity index (χ2v) is 8.94. The Bertz CT molecular complexity index is 1020. The van der Waals surface area contributed by atoms with Crippen molar-refractivity contribution in [3.05, 3.63) is 89.5 Å². The molecular formula is C28H36Cl2N2O4. The maximum atomic E-state index is 11.9. The summed E-state index contributed by atoms with van der Waals surface area (Å²) in [4.78, 5) is 2.91. The van der Waals surface area contributed by atoms with Crippen LogP contribution in [0.4, 0.5) is 0 Å². The summed E-state index contributed by atoms with van der Waals surface area (Å²) >= 11 is 0. The smallest absolute Gasteiger partial charge is 0.203 e. The highest BCUT2D eigenvalue weighted by atomic mass is 35.5. The maximum absolute atomic E-state index is 11.9. The Balaban J connectivity index is 0.00000228. The van der Waals surface area contributed by atoms with Crippen molar-refractivity contribution < 1.29 is 53.9 Å². The largest absolute Gasteiger partial charge is 1.00 e. The summed E-state index contributed by atoms with van der Waals surface area (Å²) in [5.41, 5.74) is 1.99. The Morgan fingerprint density at radius 1 is 0.667 bits per heavy atom. The van der Waals surface area contributed by atoms with E-state index in [1.165, 1.54) is 9.80 Å². The van der Waals surface area contributed by atoms with Crippen LogP contribution in [0.3, 0.4) is 0 Å². The molecule has 1 saturated heterocycles. The van der Waals surface area contributed by atoms with E-state index in [0.717, 1.165) is 55.2 Å². The first kappa shape index (κ1) is 29.7. The Kier molecular flexibility index (Phi) is 11.3. The highest BCUT2D eigenvalue weighted by Crippen LogP contribution is 2.39. The van der Waals surface area contributed by atoms with Gasteiger partial charge in [-0.25, -0.2) is 0 Å². The number of hydrogen-bond acceptors (Lipinski definition) is 4. The molecule has 0 aromatic heterocycles. The Morgan fingerprint density at radius 3 is 1.64 bits per heavy atom. The second kappa shape index (κ2) is 13.7. The van der Waals surface area contributed by atoms with Crippen LogP contribution in [0.5, 0.6) is 17.2 Å². The Morgan fingerprint density at radius 2 is 1.17 bits per heavy atom. The van der Waals surface area contributed by atoms with E-state index in [1.807, 2.05) is 66.7 Å². The SMILES string of the molecule is COc1ccc(C[NH+]2CC[NH+](CC(O)(c3ccccc3)c3ccccc3)CC2)c(OC)c1OC.[Cl-].[Cl-]. The van der Waals surface area contributed by atoms with Gasteiger partial charge in [0.05, 0.1) is 26.9 Å². The van der Waals surface area contributed by atoms with Crippen LogP contribution < -0.4 is 48.8 Å². The summed E-state index contributed by atoms with van der Waals surface area (Å²) in [6.07, 6.45) is 0. The second-order valence-electron chi connectivity index (χ2n) is 8.94. The molecule has 0 radical (unpaired) electrons. The Hall–Kier alpha value is -2.48. The van der Waals surface area contributed by atoms with E-state index in [0.29, 0.717) is 18.0 Å². The van der Waals surface area contributed by atoms with Crippen LogP contribution in [-0.4, -0.2) is 59.2 Å². The molecule has 3 N–H and O–H groups in total. The van der Waals surface area contributed by atoms with Crippen molar-refractivity contribution >= 4 is 0 Å². The van der Waals surface area contributed by atoms with Crippen molar-refractivity contribution in [3.63, 3.8) is 0 Å². The van der Waals surface area contributed by atoms with Crippen LogP contribution in [0.15, 0.2) is 72.8 Å². The lowest BCUT2D eigenvalue weighted by molar-refractivity contribution is -1.02. The molecule has 0 atom stereocenters. The van der Waals surface area contributed by atoms with Crippen LogP contribution >= 0.6 is 0 Å². The average Bonchev–Trinajstić information content (AvgIpc) is 2.90. The summed E-state index contributed by atoms with van der Waals surface area (Å²) < 4.78 is 16.7. The molecule has 1 fully saturated rings. The number of aliphatic hydroxyl groups is 1. The fourth-order valence-corrected chi connectivity index (χ4v) is 5.04. The predicted octanol–water partition coefficient (Wildman–Crippen LogP) is -5.06. The molecule has 6 nitrogen and oxygen atoms in total. The van der Waals surface area contributed by atoms with Gasteiger partial charge in [-0.05, 0) is 23.3 Å². The van der Waals surface area contributed by atoms with Crippen molar-refractivity contribution in [3.8, 4) is 17.2 Å². The molecule has 0 aliphatic carbocycles. The number of piperazine rings is 1. The Labute approximate surface area is 226 Å². The van der Waals surface area contributed by atoms with Crippen LogP contribution in [0.2, 0.25) is 0 Å². The van der Waals surface area contributed by atoms with E-state index in [2.05, 4.69) is 6.07 Å². The van der Waals surface area contributed by atoms with E-state index < -0.39 is 5.60 Å². The normalized spacial score (nSPS) is 17.3. The molecule has 1 aliphatic heterocycles. The molecule has 0 unspecified atom stereocenters. The number of benzene rings is 3. The third-order valence-corrected chi connectivity index (χ3v) is 6.90. The lowest BCUT2D eigenvalue weighted by Gasteiger charge is -2.36. The van der Waals surface area contributed by atoms with E-state index in [9.17, 15) is 5.11 Å². The summed E-state index contributed by atoms with van der Waals surface area (Å²) in [6.45, 7) is 5.53. The third kappa shape index (κ3) is 6.44. The van der Waals surface area contributed by atoms with E-state index >= 15 is 0 Å². The fourth-order valence-electron chi connectivity index (χ4n) is 5.04. The van der Waals surface area contributed by atoms with Crippen molar-refractivity contribution in [1.29, 1.82) is 0 Å². The van der Waals surface area contributed by atoms with Crippen molar-refractivity contribution in [2.75, 3.05) is 54.1 Å². The topological polar surface area (TPSA) is 56.8 Å². The molecule has 0 saturated carbocycles. The van der Waals surface area contributed by atoms with Gasteiger partial charge in [0.1, 0.15) is 39.3 Å². The zero-order chi connectivity index (χ0) is 24.0. The minimum atomic E-state index is -1.01. The fraction of sp³-hybridized carbons (Fsp3) is 0.357. The number of nitrogens with one attached hydrogen (secondary N) is 2. The van der Waals surface area contributed by atoms with Crippen LogP contribution in [-0.2, 0) is 12.1 Å². The number of halogens is 2. The zero-order valence-electron chi connectivity index (χ0n) is 21.1. The van der Waals surface area contributed by atoms with Crippen LogP contribution in [0.25, 0.3) is 0 Å². The third-order valence-electron chi connectivity index (χ3n) is 6.90. The standard InChI is InChI=1S/C28H34N2O4.2ClH/c1-32-25-15-14-22(26(33-2)27(25)34-3)20-29-16-18-30(19-17-29)21-28(31,23-10-6-4-7-11-23)24-12-8-5-9-13-24;;/h4-15,31H,16-21H2,1-3H3;2*1H. The van der Waals surface area contributed by atoms with Gasteiger partial charge in [0, 0.05) is 0 Å². The molecule has 3 aromatic carbocycles. The highest BCUT2D eigenvalue weighted by Gasteiger charge is 2.38. The van der Waals surface area contributed by atoms with Gasteiger partial charge in [-0.1, -0.05) is 60.7 Å². The quantitative estimate of drug-likeness (QED) is 0.257. The van der Waals surface area contributed by atoms with Gasteiger partial charge in [-0.15, -0.1) is 0 Å². The van der Waals surface area contributed by atoms with Gasteiger partial charge in [-0.2, -0.15) is 0 Å². The molecule has 36 heavy (non-hydrogen) atoms. The number of methoxy groups -OCH3 is 3. The molecule has 1 heterocycles. The highest BCUT2D eigenvalue weighted by molar-refractivity contribution is 5.55. The van der Waals surface area contributed by atoms with E-state index in [4.69, 9.17) is 14.2 Å². The first-order valence-corrected chi connectivity index (χ1v) is 11.9. The van der Waals surface area contributed by atoms with Crippen molar-refractivity contribution in [2.45, 2.75) is 12.1 Å². The number of hydrogen-bond donors (Lipinski definition) is 3. The molecule has 0 amide bonds. The van der Waals surface area contributed by atoms with Crippen molar-refractivity contribution in [1.82, 2.24) is 0 Å². The number of ether oxygens (including phenoxy) is 3. The molecule has 8 heteroatoms. The molecule has 3 aromatic rings. The molecule has 0 spiro atoms. The zero-order valence-corrected chi connectivity index (χ0v) is 22.6. The molecule has 1 aliphatic rings. The van der Waals surface area contributed by atoms with Gasteiger partial charge < -0.3 is 53.9 Å². The van der Waals surface area contributed by atoms with Crippen molar-refractivity contribution in [2.24, 2.45) is 0 Å². The first-order chi connectivity index (χ1) is 16.6. The maximum Gasteiger partial charge on any atom is 0.203 e. The summed E-state index contributed by atoms with van der Waals surface area (Å²) in [7, 11) is 4.95. The monoisotopic (exact) mass is 534 g/mol. The number of quaternary nitrogens is 2.